The van der Waals surface area contributed by atoms with Crippen molar-refractivity contribution < 1.29 is 10.2 Å². The van der Waals surface area contributed by atoms with E-state index >= 15 is 0 Å². The number of aliphatic hydroxyl groups is 2. The molecule has 3 aliphatic rings. The second-order valence-corrected chi connectivity index (χ2v) is 12.7. The molecule has 0 saturated heterocycles. The number of aromatic nitrogens is 2. The number of fused-ring (bicyclic) bond motifs is 2. The molecule has 0 aliphatic heterocycles. The highest BCUT2D eigenvalue weighted by atomic mass is 16.3. The molecule has 1 aromatic rings. The Balaban J connectivity index is 1.53. The third-order valence-corrected chi connectivity index (χ3v) is 10.7. The van der Waals surface area contributed by atoms with Gasteiger partial charge in [-0.05, 0) is 96.3 Å². The van der Waals surface area contributed by atoms with Gasteiger partial charge in [-0.2, -0.15) is 5.10 Å². The zero-order valence-electron chi connectivity index (χ0n) is 21.2. The molecule has 3 aliphatic carbocycles. The largest absolute Gasteiger partial charge is 0.396 e. The lowest BCUT2D eigenvalue weighted by Crippen LogP contribution is -2.53. The summed E-state index contributed by atoms with van der Waals surface area (Å²) in [7, 11) is 0. The lowest BCUT2D eigenvalue weighted by Gasteiger charge is -2.56. The summed E-state index contributed by atoms with van der Waals surface area (Å²) >= 11 is 0. The van der Waals surface area contributed by atoms with Gasteiger partial charge in [0, 0.05) is 18.9 Å². The fourth-order valence-corrected chi connectivity index (χ4v) is 8.79. The third-order valence-electron chi connectivity index (χ3n) is 10.7. The van der Waals surface area contributed by atoms with Gasteiger partial charge in [0.05, 0.1) is 6.20 Å². The Labute approximate surface area is 196 Å². The fourth-order valence-electron chi connectivity index (χ4n) is 8.79. The van der Waals surface area contributed by atoms with Gasteiger partial charge in [0.2, 0.25) is 0 Å². The summed E-state index contributed by atoms with van der Waals surface area (Å²) in [6.07, 6.45) is 13.0. The van der Waals surface area contributed by atoms with Crippen molar-refractivity contribution in [3.05, 3.63) is 17.5 Å². The maximum absolute atomic E-state index is 10.7. The van der Waals surface area contributed by atoms with Gasteiger partial charge in [-0.15, -0.1) is 0 Å². The van der Waals surface area contributed by atoms with Crippen LogP contribution >= 0.6 is 0 Å². The first kappa shape index (κ1) is 24.3. The molecular weight excluding hydrogens is 396 g/mol. The minimum Gasteiger partial charge on any atom is -0.396 e. The Morgan fingerprint density at radius 2 is 1.78 bits per heavy atom. The molecule has 182 valence electrons. The zero-order valence-corrected chi connectivity index (χ0v) is 21.2. The van der Waals surface area contributed by atoms with E-state index in [4.69, 9.17) is 0 Å². The highest BCUT2D eigenvalue weighted by molar-refractivity contribution is 5.25. The van der Waals surface area contributed by atoms with Crippen LogP contribution in [0.3, 0.4) is 0 Å². The fraction of sp³-hybridized carbons (Fsp3) is 0.893. The topological polar surface area (TPSA) is 69.1 Å². The van der Waals surface area contributed by atoms with Crippen molar-refractivity contribution in [3.8, 4) is 0 Å². The van der Waals surface area contributed by atoms with E-state index in [1.54, 1.807) is 0 Å². The first-order valence-electron chi connectivity index (χ1n) is 13.5. The number of rotatable bonds is 8. The van der Waals surface area contributed by atoms with Crippen LogP contribution in [-0.2, 0) is 12.8 Å². The van der Waals surface area contributed by atoms with Crippen LogP contribution in [0.4, 0.5) is 0 Å². The molecule has 4 nitrogen and oxygen atoms in total. The quantitative estimate of drug-likeness (QED) is 0.486. The van der Waals surface area contributed by atoms with Gasteiger partial charge in [0.25, 0.3) is 0 Å². The van der Waals surface area contributed by atoms with E-state index in [1.807, 2.05) is 6.20 Å². The van der Waals surface area contributed by atoms with Crippen molar-refractivity contribution in [3.63, 3.8) is 0 Å². The van der Waals surface area contributed by atoms with Crippen LogP contribution in [0.1, 0.15) is 90.8 Å². The molecule has 32 heavy (non-hydrogen) atoms. The van der Waals surface area contributed by atoms with Crippen LogP contribution in [-0.4, -0.2) is 33.6 Å². The van der Waals surface area contributed by atoms with Crippen molar-refractivity contribution >= 4 is 0 Å². The average Bonchev–Trinajstić information content (AvgIpc) is 3.34. The molecule has 1 heterocycles. The number of nitrogens with zero attached hydrogens (tertiary/aromatic N) is 1. The SMILES string of the molecule is CC(C)CCCC(C)[C@H]1CC[C@H]2[C@H](CO)[C@@H]([C@@]3(C)Cc4cn[nH]c4C[C@@H]3CO)CC[C@]12C. The first-order chi connectivity index (χ1) is 15.2. The summed E-state index contributed by atoms with van der Waals surface area (Å²) in [4.78, 5) is 0. The van der Waals surface area contributed by atoms with Crippen molar-refractivity contribution in [1.82, 2.24) is 10.2 Å². The number of aromatic amines is 1. The molecule has 0 spiro atoms. The molecule has 2 fully saturated rings. The smallest absolute Gasteiger partial charge is 0.0522 e. The van der Waals surface area contributed by atoms with E-state index < -0.39 is 0 Å². The molecule has 3 N–H and O–H groups in total. The molecular formula is C28H48N2O2. The monoisotopic (exact) mass is 444 g/mol. The Hall–Kier alpha value is -0.870. The van der Waals surface area contributed by atoms with E-state index in [9.17, 15) is 10.2 Å². The van der Waals surface area contributed by atoms with Gasteiger partial charge in [0.1, 0.15) is 0 Å². The second kappa shape index (κ2) is 9.41. The number of nitrogens with one attached hydrogen (secondary N) is 1. The van der Waals surface area contributed by atoms with E-state index in [0.717, 1.165) is 30.6 Å². The molecule has 0 amide bonds. The summed E-state index contributed by atoms with van der Waals surface area (Å²) in [5.41, 5.74) is 2.92. The zero-order chi connectivity index (χ0) is 23.1. The van der Waals surface area contributed by atoms with E-state index in [1.165, 1.54) is 56.2 Å². The van der Waals surface area contributed by atoms with Crippen LogP contribution in [0.2, 0.25) is 0 Å². The summed E-state index contributed by atoms with van der Waals surface area (Å²) in [5, 5.41) is 28.5. The Morgan fingerprint density at radius 1 is 1.03 bits per heavy atom. The van der Waals surface area contributed by atoms with Crippen LogP contribution in [0.15, 0.2) is 6.20 Å². The van der Waals surface area contributed by atoms with Crippen LogP contribution in [0.5, 0.6) is 0 Å². The van der Waals surface area contributed by atoms with Gasteiger partial charge in [-0.3, -0.25) is 5.10 Å². The Kier molecular flexibility index (Phi) is 7.13. The maximum atomic E-state index is 10.7. The van der Waals surface area contributed by atoms with Crippen LogP contribution in [0, 0.1) is 52.3 Å². The van der Waals surface area contributed by atoms with Gasteiger partial charge in [-0.1, -0.05) is 53.9 Å². The number of hydrogen-bond acceptors (Lipinski definition) is 3. The van der Waals surface area contributed by atoms with Crippen molar-refractivity contribution in [2.45, 2.75) is 92.4 Å². The van der Waals surface area contributed by atoms with Gasteiger partial charge in [0.15, 0.2) is 0 Å². The normalized spacial score (nSPS) is 40.3. The average molecular weight is 445 g/mol. The Morgan fingerprint density at radius 3 is 2.47 bits per heavy atom. The highest BCUT2D eigenvalue weighted by Gasteiger charge is 2.58. The lowest BCUT2D eigenvalue weighted by atomic mass is 9.48. The molecule has 1 unspecified atom stereocenters. The molecule has 1 aromatic heterocycles. The van der Waals surface area contributed by atoms with Crippen molar-refractivity contribution in [2.75, 3.05) is 13.2 Å². The minimum atomic E-state index is 0.0291. The Bertz CT molecular complexity index is 760. The summed E-state index contributed by atoms with van der Waals surface area (Å²) in [6, 6.07) is 0. The number of H-pyrrole nitrogens is 1. The summed E-state index contributed by atoms with van der Waals surface area (Å²) in [5.74, 6) is 4.06. The minimum absolute atomic E-state index is 0.0291. The van der Waals surface area contributed by atoms with Crippen molar-refractivity contribution in [2.24, 2.45) is 52.3 Å². The maximum Gasteiger partial charge on any atom is 0.0522 e. The predicted octanol–water partition coefficient (Wildman–Crippen LogP) is 5.64. The summed E-state index contributed by atoms with van der Waals surface area (Å²) < 4.78 is 0. The predicted molar refractivity (Wildman–Crippen MR) is 130 cm³/mol. The molecule has 0 radical (unpaired) electrons. The first-order valence-corrected chi connectivity index (χ1v) is 13.5. The number of aliphatic hydroxyl groups excluding tert-OH is 2. The van der Waals surface area contributed by atoms with Gasteiger partial charge < -0.3 is 10.2 Å². The second-order valence-electron chi connectivity index (χ2n) is 12.7. The standard InChI is InChI=1S/C28H48N2O2/c1-18(2)7-6-8-19(3)23-9-10-24-22(17-32)25(11-12-27(23,24)4)28(5)14-20-15-29-30-26(20)13-21(28)16-31/h15,18-19,21-25,31-32H,6-14,16-17H2,1-5H3,(H,29,30)/t19?,21-,22+,23-,24+,25+,27-,28+/m1/s1. The van der Waals surface area contributed by atoms with Crippen LogP contribution < -0.4 is 0 Å². The lowest BCUT2D eigenvalue weighted by molar-refractivity contribution is -0.0940. The van der Waals surface area contributed by atoms with E-state index in [-0.39, 0.29) is 17.9 Å². The van der Waals surface area contributed by atoms with Crippen LogP contribution in [0.25, 0.3) is 0 Å². The van der Waals surface area contributed by atoms with E-state index in [0.29, 0.717) is 29.8 Å². The third kappa shape index (κ3) is 4.08. The molecule has 4 rings (SSSR count). The molecule has 2 saturated carbocycles. The van der Waals surface area contributed by atoms with E-state index in [2.05, 4.69) is 44.8 Å². The number of hydrogen-bond donors (Lipinski definition) is 3. The van der Waals surface area contributed by atoms with Gasteiger partial charge >= 0.3 is 0 Å². The summed E-state index contributed by atoms with van der Waals surface area (Å²) in [6.45, 7) is 12.7. The highest BCUT2D eigenvalue weighted by Crippen LogP contribution is 2.64. The molecule has 8 atom stereocenters. The molecule has 4 heteroatoms. The van der Waals surface area contributed by atoms with Gasteiger partial charge in [-0.25, -0.2) is 0 Å². The molecule has 0 bridgehead atoms. The van der Waals surface area contributed by atoms with Crippen molar-refractivity contribution in [1.29, 1.82) is 0 Å². The molecule has 0 aromatic carbocycles.